The van der Waals surface area contributed by atoms with Crippen LogP contribution >= 0.6 is 23.2 Å². The number of benzene rings is 2. The van der Waals surface area contributed by atoms with Gasteiger partial charge < -0.3 is 14.8 Å². The summed E-state index contributed by atoms with van der Waals surface area (Å²) in [5.41, 5.74) is 0.859. The zero-order valence-electron chi connectivity index (χ0n) is 18.9. The van der Waals surface area contributed by atoms with Crippen molar-refractivity contribution in [1.82, 2.24) is 14.5 Å². The highest BCUT2D eigenvalue weighted by molar-refractivity contribution is 6.32. The number of hydrogen-bond acceptors (Lipinski definition) is 7. The van der Waals surface area contributed by atoms with Crippen LogP contribution < -0.4 is 15.7 Å². The molecule has 0 aliphatic heterocycles. The summed E-state index contributed by atoms with van der Waals surface area (Å²) in [5, 5.41) is 4.11. The minimum atomic E-state index is -0.557. The summed E-state index contributed by atoms with van der Waals surface area (Å²) in [6.07, 6.45) is 2.46. The lowest BCUT2D eigenvalue weighted by molar-refractivity contribution is -0.137. The normalized spacial score (nSPS) is 11.1. The van der Waals surface area contributed by atoms with Crippen molar-refractivity contribution in [1.29, 1.82) is 0 Å². The van der Waals surface area contributed by atoms with E-state index in [1.54, 1.807) is 37.3 Å². The predicted octanol–water partition coefficient (Wildman–Crippen LogP) is 5.10. The first kappa shape index (κ1) is 25.3. The van der Waals surface area contributed by atoms with Crippen molar-refractivity contribution >= 4 is 46.9 Å². The average molecular weight is 503 g/mol. The summed E-state index contributed by atoms with van der Waals surface area (Å²) in [4.78, 5) is 32.9. The van der Waals surface area contributed by atoms with Crippen LogP contribution in [0, 0.1) is 0 Å². The molecule has 0 aliphatic carbocycles. The van der Waals surface area contributed by atoms with Crippen LogP contribution in [0.4, 0.5) is 11.6 Å². The van der Waals surface area contributed by atoms with E-state index in [0.717, 1.165) is 5.56 Å². The molecule has 0 saturated carbocycles. The summed E-state index contributed by atoms with van der Waals surface area (Å²) in [5.74, 6) is 0.255. The number of carbonyl (C=O) groups is 1. The van der Waals surface area contributed by atoms with E-state index in [1.165, 1.54) is 16.7 Å². The third-order valence-electron chi connectivity index (χ3n) is 4.38. The molecule has 0 amide bonds. The number of halogens is 2. The third-order valence-corrected chi connectivity index (χ3v) is 4.92. The fraction of sp³-hybridized carbons (Fsp3) is 0.250. The summed E-state index contributed by atoms with van der Waals surface area (Å²) in [6, 6.07) is 12.3. The summed E-state index contributed by atoms with van der Waals surface area (Å²) < 4.78 is 11.9. The van der Waals surface area contributed by atoms with Gasteiger partial charge in [0.15, 0.2) is 5.82 Å². The number of nitrogens with zero attached hydrogens (tertiary/aromatic N) is 3. The van der Waals surface area contributed by atoms with Gasteiger partial charge in [-0.2, -0.15) is 9.97 Å². The van der Waals surface area contributed by atoms with E-state index >= 15 is 0 Å². The highest BCUT2D eigenvalue weighted by Crippen LogP contribution is 2.29. The number of nitrogens with one attached hydrogen (secondary N) is 1. The fourth-order valence-electron chi connectivity index (χ4n) is 2.92. The van der Waals surface area contributed by atoms with Gasteiger partial charge in [-0.1, -0.05) is 35.3 Å². The summed E-state index contributed by atoms with van der Waals surface area (Å²) in [7, 11) is 0. The van der Waals surface area contributed by atoms with Crippen molar-refractivity contribution in [3.8, 4) is 5.75 Å². The maximum atomic E-state index is 12.9. The van der Waals surface area contributed by atoms with E-state index in [2.05, 4.69) is 15.3 Å². The zero-order chi connectivity index (χ0) is 24.7. The average Bonchev–Trinajstić information content (AvgIpc) is 2.78. The van der Waals surface area contributed by atoms with Gasteiger partial charge in [-0.05, 0) is 62.7 Å². The Labute approximate surface area is 207 Å². The first-order valence-corrected chi connectivity index (χ1v) is 11.3. The monoisotopic (exact) mass is 502 g/mol. The Morgan fingerprint density at radius 1 is 1.15 bits per heavy atom. The lowest BCUT2D eigenvalue weighted by atomic mass is 10.2. The molecule has 178 valence electrons. The maximum Gasteiger partial charge on any atom is 0.352 e. The Hall–Kier alpha value is -3.36. The number of rotatable bonds is 9. The van der Waals surface area contributed by atoms with Crippen LogP contribution in [0.25, 0.3) is 6.08 Å². The van der Waals surface area contributed by atoms with Crippen molar-refractivity contribution in [2.24, 2.45) is 0 Å². The molecule has 0 unspecified atom stereocenters. The quantitative estimate of drug-likeness (QED) is 0.321. The molecule has 1 aromatic heterocycles. The Morgan fingerprint density at radius 2 is 1.88 bits per heavy atom. The molecule has 2 aromatic carbocycles. The van der Waals surface area contributed by atoms with Gasteiger partial charge in [0.1, 0.15) is 5.75 Å². The molecule has 8 nitrogen and oxygen atoms in total. The molecule has 3 aromatic rings. The number of anilines is 2. The molecule has 3 rings (SSSR count). The second-order valence-corrected chi connectivity index (χ2v) is 8.27. The number of hydrogen-bond donors (Lipinski definition) is 1. The van der Waals surface area contributed by atoms with E-state index < -0.39 is 11.7 Å². The van der Waals surface area contributed by atoms with Crippen molar-refractivity contribution in [2.75, 3.05) is 11.9 Å². The van der Waals surface area contributed by atoms with E-state index in [1.807, 2.05) is 26.0 Å². The van der Waals surface area contributed by atoms with Gasteiger partial charge in [-0.15, -0.1) is 0 Å². The molecule has 0 aliphatic rings. The Bertz CT molecular complexity index is 1240. The number of carbonyl (C=O) groups excluding carboxylic acids is 1. The van der Waals surface area contributed by atoms with Gasteiger partial charge in [-0.3, -0.25) is 4.57 Å². The van der Waals surface area contributed by atoms with Crippen LogP contribution in [0.1, 0.15) is 32.2 Å². The second kappa shape index (κ2) is 11.7. The predicted molar refractivity (Wildman–Crippen MR) is 133 cm³/mol. The molecule has 1 N–H and O–H groups in total. The van der Waals surface area contributed by atoms with Crippen LogP contribution in [0.5, 0.6) is 5.75 Å². The minimum Gasteiger partial charge on any atom is -0.489 e. The van der Waals surface area contributed by atoms with Gasteiger partial charge in [0, 0.05) is 16.8 Å². The van der Waals surface area contributed by atoms with Gasteiger partial charge in [0.05, 0.1) is 24.3 Å². The Morgan fingerprint density at radius 3 is 2.53 bits per heavy atom. The molecule has 10 heteroatoms. The lowest BCUT2D eigenvalue weighted by Gasteiger charge is -2.15. The lowest BCUT2D eigenvalue weighted by Crippen LogP contribution is -2.28. The van der Waals surface area contributed by atoms with E-state index in [9.17, 15) is 9.59 Å². The van der Waals surface area contributed by atoms with Crippen molar-refractivity contribution in [2.45, 2.75) is 33.4 Å². The van der Waals surface area contributed by atoms with Crippen LogP contribution in [-0.4, -0.2) is 33.2 Å². The van der Waals surface area contributed by atoms with Crippen molar-refractivity contribution < 1.29 is 14.3 Å². The van der Waals surface area contributed by atoms with Gasteiger partial charge in [0.2, 0.25) is 5.95 Å². The fourth-order valence-corrected chi connectivity index (χ4v) is 3.27. The molecule has 0 saturated heterocycles. The maximum absolute atomic E-state index is 12.9. The molecule has 34 heavy (non-hydrogen) atoms. The first-order chi connectivity index (χ1) is 16.2. The highest BCUT2D eigenvalue weighted by Gasteiger charge is 2.13. The van der Waals surface area contributed by atoms with Crippen LogP contribution in [0.15, 0.2) is 53.3 Å². The van der Waals surface area contributed by atoms with E-state index in [4.69, 9.17) is 32.7 Å². The summed E-state index contributed by atoms with van der Waals surface area (Å²) >= 11 is 12.3. The molecule has 0 fully saturated rings. The van der Waals surface area contributed by atoms with Gasteiger partial charge in [0.25, 0.3) is 0 Å². The molecule has 0 spiro atoms. The number of esters is 1. The van der Waals surface area contributed by atoms with Crippen LogP contribution in [-0.2, 0) is 16.1 Å². The molecular formula is C24H24Cl2N4O4. The van der Waals surface area contributed by atoms with Crippen molar-refractivity contribution in [3.05, 3.63) is 80.5 Å². The Balaban J connectivity index is 1.98. The Kier molecular flexibility index (Phi) is 8.67. The minimum absolute atomic E-state index is 0.0310. The molecule has 0 radical (unpaired) electrons. The smallest absolute Gasteiger partial charge is 0.352 e. The second-order valence-electron chi connectivity index (χ2n) is 7.42. The summed E-state index contributed by atoms with van der Waals surface area (Å²) in [6.45, 7) is 5.94. The molecule has 0 atom stereocenters. The zero-order valence-corrected chi connectivity index (χ0v) is 20.4. The molecule has 0 bridgehead atoms. The largest absolute Gasteiger partial charge is 0.489 e. The highest BCUT2D eigenvalue weighted by atomic mass is 35.5. The van der Waals surface area contributed by atoms with Gasteiger partial charge in [-0.25, -0.2) is 9.59 Å². The SMILES string of the molecule is CCOC(=O)C=Cc1nc(Nc2ccc(OC(C)C)c(Cl)c2)n(Cc2ccc(Cl)cc2)c(=O)n1. The van der Waals surface area contributed by atoms with Crippen LogP contribution in [0.3, 0.4) is 0 Å². The standard InChI is InChI=1S/C24H24Cl2N4O4/c1-4-33-22(31)12-11-21-28-23(27-18-9-10-20(19(26)13-18)34-15(2)3)30(24(32)29-21)14-16-5-7-17(25)8-6-16/h5-13,15H,4,14H2,1-3H3,(H,27,28,29,32). The molecule has 1 heterocycles. The first-order valence-electron chi connectivity index (χ1n) is 10.6. The third kappa shape index (κ3) is 7.07. The van der Waals surface area contributed by atoms with Gasteiger partial charge >= 0.3 is 11.7 Å². The van der Waals surface area contributed by atoms with E-state index in [-0.39, 0.29) is 31.0 Å². The number of aromatic nitrogens is 3. The van der Waals surface area contributed by atoms with E-state index in [0.29, 0.717) is 21.5 Å². The van der Waals surface area contributed by atoms with Crippen LogP contribution in [0.2, 0.25) is 10.0 Å². The molecular weight excluding hydrogens is 479 g/mol. The number of ether oxygens (including phenoxy) is 2. The topological polar surface area (TPSA) is 95.3 Å². The van der Waals surface area contributed by atoms with Crippen molar-refractivity contribution in [3.63, 3.8) is 0 Å².